The van der Waals surface area contributed by atoms with Crippen LogP contribution in [0.5, 0.6) is 0 Å². The molecule has 97 heavy (non-hydrogen) atoms. The number of aryl methyl sites for hydroxylation is 3. The topological polar surface area (TPSA) is 21.4 Å². The second-order valence-corrected chi connectivity index (χ2v) is 25.8. The van der Waals surface area contributed by atoms with Crippen LogP contribution >= 0.6 is 0 Å². The monoisotopic (exact) mass is 1250 g/mol. The zero-order valence-corrected chi connectivity index (χ0v) is 55.6. The van der Waals surface area contributed by atoms with Crippen molar-refractivity contribution >= 4 is 27.8 Å². The van der Waals surface area contributed by atoms with Gasteiger partial charge in [-0.1, -0.05) is 317 Å². The fourth-order valence-electron chi connectivity index (χ4n) is 14.8. The Labute approximate surface area is 572 Å². The minimum absolute atomic E-state index is 0.0509. The van der Waals surface area contributed by atoms with Crippen LogP contribution in [0.25, 0.3) is 55.4 Å². The average molecular weight is 1260 g/mol. The normalized spacial score (nSPS) is 14.8. The molecule has 6 heteroatoms. The van der Waals surface area contributed by atoms with Gasteiger partial charge >= 0.3 is 0 Å². The number of fused-ring (bicyclic) bond motifs is 4. The van der Waals surface area contributed by atoms with Crippen LogP contribution in [0.1, 0.15) is 93.9 Å². The number of rotatable bonds is 11. The van der Waals surface area contributed by atoms with Gasteiger partial charge in [0.15, 0.2) is 0 Å². The molecule has 3 atom stereocenters. The Morgan fingerprint density at radius 2 is 0.753 bits per heavy atom. The van der Waals surface area contributed by atoms with E-state index in [1.54, 1.807) is 0 Å². The Balaban J connectivity index is 0.000000120. The molecule has 17 rings (SSSR count). The second kappa shape index (κ2) is 27.2. The van der Waals surface area contributed by atoms with E-state index in [1.165, 1.54) is 128 Å². The van der Waals surface area contributed by atoms with Crippen LogP contribution in [0, 0.1) is 40.8 Å². The van der Waals surface area contributed by atoms with Crippen molar-refractivity contribution in [2.75, 3.05) is 14.7 Å². The number of benzene rings is 11. The van der Waals surface area contributed by atoms with Crippen LogP contribution in [0.3, 0.4) is 0 Å². The lowest BCUT2D eigenvalue weighted by Crippen LogP contribution is -2.36. The first-order chi connectivity index (χ1) is 47.7. The van der Waals surface area contributed by atoms with Gasteiger partial charge < -0.3 is 28.4 Å². The van der Waals surface area contributed by atoms with Crippen molar-refractivity contribution < 1.29 is 13.7 Å². The minimum Gasteiger partial charge on any atom is -0.342 e. The highest BCUT2D eigenvalue weighted by molar-refractivity contribution is 5.95. The standard InChI is InChI=1S/C34H30N2.C29H22N2.C28H26N2/c1-25(2)26-20-22-29(23-21-26)35-24-36-32(28-14-7-4-8-15-28)18-11-19-33(36)34(35)31-17-10-9-16-30(31)27-12-5-3-6-13-27;1-2-11-22(12-3-1)24-15-6-7-17-26(24)29-28-18-8-9-20-30(28)21-31(29)27-19-10-14-23-13-4-5-16-25(23)27;1-20-17-21(2)27(22(3)18-20)30-19-29-16-10-9-15-26(29)28(30)25-14-8-7-13-24(25)23-11-5-4-6-12-23/h3-25,34H,1-2H3;1-21,29H;4-19,28H,1-3H3. The van der Waals surface area contributed by atoms with Crippen molar-refractivity contribution in [1.82, 2.24) is 0 Å². The van der Waals surface area contributed by atoms with Gasteiger partial charge in [-0.05, 0) is 135 Å². The molecule has 6 heterocycles. The molecule has 11 aromatic carbocycles. The third kappa shape index (κ3) is 12.2. The summed E-state index contributed by atoms with van der Waals surface area (Å²) < 4.78 is 6.86. The molecule has 0 bridgehead atoms. The van der Waals surface area contributed by atoms with E-state index in [1.807, 2.05) is 0 Å². The smallest absolute Gasteiger partial charge is 0.145 e. The van der Waals surface area contributed by atoms with Crippen molar-refractivity contribution in [2.24, 2.45) is 0 Å². The SMILES string of the molecule is CC(C)c1ccc(N2[CH-][n+]3c(-c4ccccc4)cccc3C2c2ccccc2-c2ccccc2)cc1.Cc1cc(C)c(N2[CH-][n+]3ccccc3C2c2ccccc2-c2ccccc2)c(C)c1.c1ccc(-c2ccccc2C2c3cccc[n+]3[CH-]N2c2cccc3ccccc23)cc1. The van der Waals surface area contributed by atoms with Gasteiger partial charge in [0.05, 0.1) is 30.5 Å². The van der Waals surface area contributed by atoms with Gasteiger partial charge in [-0.3, -0.25) is 0 Å². The van der Waals surface area contributed by atoms with E-state index in [0.29, 0.717) is 5.92 Å². The summed E-state index contributed by atoms with van der Waals surface area (Å²) in [7, 11) is 0. The van der Waals surface area contributed by atoms with Gasteiger partial charge in [-0.15, -0.1) is 0 Å². The Kier molecular flexibility index (Phi) is 17.2. The summed E-state index contributed by atoms with van der Waals surface area (Å²) in [5, 5.41) is 2.52. The average Bonchev–Trinajstić information content (AvgIpc) is 1.61. The number of aromatic nitrogens is 3. The zero-order chi connectivity index (χ0) is 65.8. The van der Waals surface area contributed by atoms with Crippen LogP contribution < -0.4 is 28.4 Å². The van der Waals surface area contributed by atoms with Crippen LogP contribution in [0.4, 0.5) is 17.1 Å². The molecule has 3 aliphatic heterocycles. The number of hydrogen-bond acceptors (Lipinski definition) is 3. The first-order valence-corrected chi connectivity index (χ1v) is 33.8. The maximum Gasteiger partial charge on any atom is 0.145 e. The minimum atomic E-state index is 0.0509. The number of anilines is 3. The molecule has 0 aliphatic carbocycles. The highest BCUT2D eigenvalue weighted by Crippen LogP contribution is 2.46. The Bertz CT molecular complexity index is 5040. The van der Waals surface area contributed by atoms with E-state index in [4.69, 9.17) is 0 Å². The Hall–Kier alpha value is -11.9. The summed E-state index contributed by atoms with van der Waals surface area (Å²) in [6.07, 6.45) is 4.28. The maximum absolute atomic E-state index is 2.45. The van der Waals surface area contributed by atoms with E-state index in [2.05, 4.69) is 423 Å². The lowest BCUT2D eigenvalue weighted by molar-refractivity contribution is -0.630. The molecule has 0 saturated carbocycles. The quantitative estimate of drug-likeness (QED) is 0.0951. The first kappa shape index (κ1) is 61.3. The van der Waals surface area contributed by atoms with Crippen molar-refractivity contribution in [1.29, 1.82) is 0 Å². The summed E-state index contributed by atoms with van der Waals surface area (Å²) in [6.45, 7) is 17.8. The summed E-state index contributed by atoms with van der Waals surface area (Å²) in [6, 6.07) is 118. The van der Waals surface area contributed by atoms with Crippen LogP contribution in [-0.2, 0) is 0 Å². The summed E-state index contributed by atoms with van der Waals surface area (Å²) in [4.78, 5) is 7.29. The maximum atomic E-state index is 2.45. The highest BCUT2D eigenvalue weighted by Gasteiger charge is 2.38. The molecule has 0 spiro atoms. The molecule has 3 aliphatic rings. The van der Waals surface area contributed by atoms with E-state index in [9.17, 15) is 0 Å². The third-order valence-electron chi connectivity index (χ3n) is 19.2. The molecule has 0 radical (unpaired) electrons. The number of pyridine rings is 3. The molecule has 472 valence electrons. The van der Waals surface area contributed by atoms with Crippen LogP contribution in [-0.4, -0.2) is 0 Å². The van der Waals surface area contributed by atoms with E-state index < -0.39 is 0 Å². The molecular formula is C91H78N6. The fourth-order valence-corrected chi connectivity index (χ4v) is 14.8. The zero-order valence-electron chi connectivity index (χ0n) is 55.6. The lowest BCUT2D eigenvalue weighted by atomic mass is 9.92. The van der Waals surface area contributed by atoms with E-state index in [-0.39, 0.29) is 18.1 Å². The van der Waals surface area contributed by atoms with E-state index in [0.717, 1.165) is 0 Å². The van der Waals surface area contributed by atoms with Crippen LogP contribution in [0.2, 0.25) is 0 Å². The van der Waals surface area contributed by atoms with Gasteiger partial charge in [-0.25, -0.2) is 0 Å². The predicted octanol–water partition coefficient (Wildman–Crippen LogP) is 20.5. The van der Waals surface area contributed by atoms with Crippen molar-refractivity contribution in [3.8, 4) is 44.6 Å². The lowest BCUT2D eigenvalue weighted by Gasteiger charge is -2.31. The highest BCUT2D eigenvalue weighted by atomic mass is 15.4. The third-order valence-corrected chi connectivity index (χ3v) is 19.2. The summed E-state index contributed by atoms with van der Waals surface area (Å²) >= 11 is 0. The molecule has 3 aromatic heterocycles. The van der Waals surface area contributed by atoms with E-state index >= 15 is 0 Å². The number of hydrogen-bond donors (Lipinski definition) is 0. The second-order valence-electron chi connectivity index (χ2n) is 25.8. The predicted molar refractivity (Wildman–Crippen MR) is 398 cm³/mol. The Morgan fingerprint density at radius 1 is 0.340 bits per heavy atom. The molecule has 14 aromatic rings. The van der Waals surface area contributed by atoms with Gasteiger partial charge in [0.2, 0.25) is 0 Å². The van der Waals surface area contributed by atoms with Gasteiger partial charge in [0.1, 0.15) is 42.8 Å². The molecule has 0 amide bonds. The molecule has 0 saturated heterocycles. The van der Waals surface area contributed by atoms with Crippen LogP contribution in [0.15, 0.2) is 340 Å². The fraction of sp³-hybridized carbons (Fsp3) is 0.0989. The summed E-state index contributed by atoms with van der Waals surface area (Å²) in [5.74, 6) is 0.507. The van der Waals surface area contributed by atoms with Gasteiger partial charge in [0, 0.05) is 22.4 Å². The molecular weight excluding hydrogens is 1180 g/mol. The molecule has 3 unspecified atom stereocenters. The summed E-state index contributed by atoms with van der Waals surface area (Å²) in [5.41, 5.74) is 26.6. The van der Waals surface area contributed by atoms with Crippen molar-refractivity contribution in [3.05, 3.63) is 416 Å². The molecule has 0 fully saturated rings. The van der Waals surface area contributed by atoms with Gasteiger partial charge in [0.25, 0.3) is 0 Å². The number of nitrogens with zero attached hydrogens (tertiary/aromatic N) is 6. The first-order valence-electron chi connectivity index (χ1n) is 33.8. The van der Waals surface area contributed by atoms with Crippen molar-refractivity contribution in [3.63, 3.8) is 0 Å². The largest absolute Gasteiger partial charge is 0.342 e. The molecule has 6 nitrogen and oxygen atoms in total. The van der Waals surface area contributed by atoms with Gasteiger partial charge in [-0.2, -0.15) is 0 Å². The Morgan fingerprint density at radius 3 is 1.28 bits per heavy atom. The van der Waals surface area contributed by atoms with Crippen molar-refractivity contribution in [2.45, 2.75) is 58.7 Å². The molecule has 0 N–H and O–H groups in total.